The molecule has 4 rings (SSSR count). The highest BCUT2D eigenvalue weighted by Crippen LogP contribution is 2.29. The number of benzene rings is 1. The molecule has 1 aliphatic carbocycles. The second-order valence-corrected chi connectivity index (χ2v) is 6.12. The highest BCUT2D eigenvalue weighted by Gasteiger charge is 2.18. The van der Waals surface area contributed by atoms with Crippen LogP contribution in [0.2, 0.25) is 0 Å². The molecule has 0 aliphatic heterocycles. The highest BCUT2D eigenvalue weighted by atomic mass is 32.1. The minimum atomic E-state index is 0.771. The normalized spacial score (nSPS) is 16.4. The lowest BCUT2D eigenvalue weighted by molar-refractivity contribution is 0.462. The summed E-state index contributed by atoms with van der Waals surface area (Å²) in [4.78, 5) is 7.81. The Bertz CT molecular complexity index is 824. The van der Waals surface area contributed by atoms with Gasteiger partial charge in [-0.3, -0.25) is 4.98 Å². The summed E-state index contributed by atoms with van der Waals surface area (Å²) in [6, 6.07) is 8.30. The van der Waals surface area contributed by atoms with E-state index in [1.807, 2.05) is 12.3 Å². The molecule has 1 fully saturated rings. The van der Waals surface area contributed by atoms with Crippen molar-refractivity contribution < 1.29 is 0 Å². The maximum atomic E-state index is 5.53. The van der Waals surface area contributed by atoms with Gasteiger partial charge in [0, 0.05) is 11.9 Å². The van der Waals surface area contributed by atoms with Crippen LogP contribution in [0.1, 0.15) is 25.7 Å². The molecule has 4 heteroatoms. The average molecular weight is 283 g/mol. The first-order chi connectivity index (χ1) is 9.83. The summed E-state index contributed by atoms with van der Waals surface area (Å²) in [6.45, 7) is 1.03. The Morgan fingerprint density at radius 1 is 1.25 bits per heavy atom. The molecule has 2 heterocycles. The minimum Gasteiger partial charge on any atom is -0.329 e. The molecule has 1 N–H and O–H groups in total. The maximum absolute atomic E-state index is 5.53. The number of aromatic nitrogens is 3. The van der Waals surface area contributed by atoms with E-state index in [0.29, 0.717) is 0 Å². The van der Waals surface area contributed by atoms with E-state index < -0.39 is 0 Å². The van der Waals surface area contributed by atoms with Crippen LogP contribution >= 0.6 is 12.2 Å². The second kappa shape index (κ2) is 4.70. The largest absolute Gasteiger partial charge is 0.329 e. The summed E-state index contributed by atoms with van der Waals surface area (Å²) in [5.41, 5.74) is 3.30. The molecule has 1 saturated carbocycles. The Hall–Kier alpha value is -1.68. The third-order valence-electron chi connectivity index (χ3n) is 4.42. The van der Waals surface area contributed by atoms with E-state index in [4.69, 9.17) is 12.2 Å². The molecular formula is C16H17N3S. The van der Waals surface area contributed by atoms with Gasteiger partial charge in [-0.25, -0.2) is 0 Å². The van der Waals surface area contributed by atoms with Gasteiger partial charge in [-0.05, 0) is 37.0 Å². The van der Waals surface area contributed by atoms with Crippen LogP contribution in [0.25, 0.3) is 21.9 Å². The number of imidazole rings is 1. The summed E-state index contributed by atoms with van der Waals surface area (Å²) < 4.78 is 3.11. The zero-order valence-electron chi connectivity index (χ0n) is 11.3. The fourth-order valence-electron chi connectivity index (χ4n) is 3.42. The van der Waals surface area contributed by atoms with Crippen molar-refractivity contribution in [1.82, 2.24) is 14.5 Å². The molecule has 0 bridgehead atoms. The van der Waals surface area contributed by atoms with E-state index in [2.05, 4.69) is 32.7 Å². The number of fused-ring (bicyclic) bond motifs is 3. The second-order valence-electron chi connectivity index (χ2n) is 5.73. The topological polar surface area (TPSA) is 33.6 Å². The molecule has 3 aromatic rings. The van der Waals surface area contributed by atoms with Gasteiger partial charge in [-0.2, -0.15) is 0 Å². The van der Waals surface area contributed by atoms with Crippen molar-refractivity contribution in [3.8, 4) is 0 Å². The van der Waals surface area contributed by atoms with E-state index in [-0.39, 0.29) is 0 Å². The van der Waals surface area contributed by atoms with E-state index in [9.17, 15) is 0 Å². The van der Waals surface area contributed by atoms with Crippen molar-refractivity contribution in [3.05, 3.63) is 35.2 Å². The summed E-state index contributed by atoms with van der Waals surface area (Å²) >= 11 is 5.53. The third-order valence-corrected chi connectivity index (χ3v) is 4.74. The molecule has 0 unspecified atom stereocenters. The van der Waals surface area contributed by atoms with Crippen molar-refractivity contribution in [2.75, 3.05) is 0 Å². The Balaban J connectivity index is 1.95. The molecule has 0 amide bonds. The van der Waals surface area contributed by atoms with Crippen LogP contribution in [0.3, 0.4) is 0 Å². The number of nitrogens with one attached hydrogen (secondary N) is 1. The fourth-order valence-corrected chi connectivity index (χ4v) is 3.69. The van der Waals surface area contributed by atoms with Gasteiger partial charge in [0.15, 0.2) is 4.77 Å². The van der Waals surface area contributed by atoms with Crippen LogP contribution in [0, 0.1) is 10.7 Å². The summed E-state index contributed by atoms with van der Waals surface area (Å²) in [5, 5.41) is 1.19. The molecule has 0 radical (unpaired) electrons. The Morgan fingerprint density at radius 3 is 2.90 bits per heavy atom. The molecule has 1 aromatic carbocycles. The molecule has 102 valence electrons. The van der Waals surface area contributed by atoms with Crippen molar-refractivity contribution in [3.63, 3.8) is 0 Å². The van der Waals surface area contributed by atoms with Crippen LogP contribution < -0.4 is 0 Å². The molecule has 20 heavy (non-hydrogen) atoms. The molecule has 0 spiro atoms. The first-order valence-corrected chi connectivity index (χ1v) is 7.70. The van der Waals surface area contributed by atoms with E-state index in [1.165, 1.54) is 36.6 Å². The van der Waals surface area contributed by atoms with Crippen molar-refractivity contribution in [2.45, 2.75) is 32.2 Å². The molecule has 0 atom stereocenters. The van der Waals surface area contributed by atoms with Gasteiger partial charge < -0.3 is 9.55 Å². The van der Waals surface area contributed by atoms with Crippen molar-refractivity contribution in [2.24, 2.45) is 5.92 Å². The van der Waals surface area contributed by atoms with E-state index in [1.54, 1.807) is 0 Å². The standard InChI is InChI=1S/C16H17N3S/c20-16-18-14-9-17-13-8-4-3-7-12(13)15(14)19(16)10-11-5-1-2-6-11/h3-4,7-9,11H,1-2,5-6,10H2,(H,18,20). The van der Waals surface area contributed by atoms with Crippen LogP contribution in [0.5, 0.6) is 0 Å². The Labute approximate surface area is 122 Å². The minimum absolute atomic E-state index is 0.771. The smallest absolute Gasteiger partial charge is 0.178 e. The number of nitrogens with zero attached hydrogens (tertiary/aromatic N) is 2. The predicted octanol–water partition coefficient (Wildman–Crippen LogP) is 4.44. The van der Waals surface area contributed by atoms with Gasteiger partial charge >= 0.3 is 0 Å². The van der Waals surface area contributed by atoms with Crippen LogP contribution in [-0.4, -0.2) is 14.5 Å². The Morgan fingerprint density at radius 2 is 2.05 bits per heavy atom. The molecule has 2 aromatic heterocycles. The van der Waals surface area contributed by atoms with E-state index in [0.717, 1.165) is 28.3 Å². The van der Waals surface area contributed by atoms with Gasteiger partial charge in [0.1, 0.15) is 0 Å². The number of hydrogen-bond donors (Lipinski definition) is 1. The zero-order valence-corrected chi connectivity index (χ0v) is 12.1. The first-order valence-electron chi connectivity index (χ1n) is 7.29. The van der Waals surface area contributed by atoms with Crippen LogP contribution in [-0.2, 0) is 6.54 Å². The number of aromatic amines is 1. The number of hydrogen-bond acceptors (Lipinski definition) is 2. The zero-order chi connectivity index (χ0) is 13.5. The van der Waals surface area contributed by atoms with Crippen LogP contribution in [0.15, 0.2) is 30.5 Å². The average Bonchev–Trinajstić information content (AvgIpc) is 3.08. The fraction of sp³-hybridized carbons (Fsp3) is 0.375. The lowest BCUT2D eigenvalue weighted by atomic mass is 10.1. The van der Waals surface area contributed by atoms with Gasteiger partial charge in [-0.15, -0.1) is 0 Å². The third kappa shape index (κ3) is 1.86. The highest BCUT2D eigenvalue weighted by molar-refractivity contribution is 7.71. The lowest BCUT2D eigenvalue weighted by Crippen LogP contribution is -2.07. The number of para-hydroxylation sites is 1. The van der Waals surface area contributed by atoms with Crippen molar-refractivity contribution in [1.29, 1.82) is 0 Å². The Kier molecular flexibility index (Phi) is 2.84. The van der Waals surface area contributed by atoms with Gasteiger partial charge in [0.2, 0.25) is 0 Å². The number of H-pyrrole nitrogens is 1. The van der Waals surface area contributed by atoms with E-state index >= 15 is 0 Å². The van der Waals surface area contributed by atoms with Crippen molar-refractivity contribution >= 4 is 34.2 Å². The predicted molar refractivity (Wildman–Crippen MR) is 84.4 cm³/mol. The van der Waals surface area contributed by atoms with Gasteiger partial charge in [0.05, 0.1) is 22.7 Å². The molecule has 3 nitrogen and oxygen atoms in total. The van der Waals surface area contributed by atoms with Crippen LogP contribution in [0.4, 0.5) is 0 Å². The summed E-state index contributed by atoms with van der Waals surface area (Å²) in [5.74, 6) is 0.771. The maximum Gasteiger partial charge on any atom is 0.178 e. The van der Waals surface area contributed by atoms with Gasteiger partial charge in [-0.1, -0.05) is 31.0 Å². The number of pyridine rings is 1. The SMILES string of the molecule is S=c1[nH]c2cnc3ccccc3c2n1CC1CCCC1. The quantitative estimate of drug-likeness (QED) is 0.705. The molecule has 1 aliphatic rings. The lowest BCUT2D eigenvalue weighted by Gasteiger charge is -2.12. The summed E-state index contributed by atoms with van der Waals surface area (Å²) in [7, 11) is 0. The van der Waals surface area contributed by atoms with Gasteiger partial charge in [0.25, 0.3) is 0 Å². The summed E-state index contributed by atoms with van der Waals surface area (Å²) in [6.07, 6.45) is 7.29. The monoisotopic (exact) mass is 283 g/mol. The molecule has 0 saturated heterocycles. The number of rotatable bonds is 2. The first kappa shape index (κ1) is 12.1. The molecular weight excluding hydrogens is 266 g/mol.